The van der Waals surface area contributed by atoms with Crippen LogP contribution >= 0.6 is 11.6 Å². The first-order valence-electron chi connectivity index (χ1n) is 11.5. The average molecular weight is 498 g/mol. The number of benzene rings is 1. The number of pyridine rings is 1. The summed E-state index contributed by atoms with van der Waals surface area (Å²) in [7, 11) is 0. The Morgan fingerprint density at radius 2 is 1.80 bits per heavy atom. The van der Waals surface area contributed by atoms with E-state index in [1.165, 1.54) is 12.1 Å². The zero-order valence-corrected chi connectivity index (χ0v) is 21.9. The van der Waals surface area contributed by atoms with Crippen molar-refractivity contribution in [2.45, 2.75) is 60.0 Å². The zero-order chi connectivity index (χ0) is 26.2. The molecule has 3 rings (SSSR count). The highest BCUT2D eigenvalue weighted by molar-refractivity contribution is 6.29. The molecule has 5 nitrogen and oxygen atoms in total. The summed E-state index contributed by atoms with van der Waals surface area (Å²) >= 11 is 5.90. The molecule has 0 aliphatic carbocycles. The van der Waals surface area contributed by atoms with E-state index in [1.807, 2.05) is 69.6 Å². The molecule has 2 aromatic heterocycles. The summed E-state index contributed by atoms with van der Waals surface area (Å²) in [6, 6.07) is 9.71. The number of imidazole rings is 1. The van der Waals surface area contributed by atoms with Gasteiger partial charge in [-0.2, -0.15) is 0 Å². The SMILES string of the molecule is C/C=C\C=C/C(=C(C)C)[C@](C)(O)CC(=O)CC.Cc1nc2ccc(Cl)nc2n1-c1ccc(F)cc1. The third kappa shape index (κ3) is 7.70. The van der Waals surface area contributed by atoms with E-state index in [0.717, 1.165) is 28.2 Å². The smallest absolute Gasteiger partial charge is 0.166 e. The van der Waals surface area contributed by atoms with Gasteiger partial charge in [-0.05, 0) is 76.6 Å². The van der Waals surface area contributed by atoms with Gasteiger partial charge in [0.1, 0.15) is 28.1 Å². The second-order valence-electron chi connectivity index (χ2n) is 8.59. The number of ketones is 1. The number of aromatic nitrogens is 3. The summed E-state index contributed by atoms with van der Waals surface area (Å²) in [4.78, 5) is 20.1. The van der Waals surface area contributed by atoms with Crippen molar-refractivity contribution in [3.05, 3.63) is 88.6 Å². The summed E-state index contributed by atoms with van der Waals surface area (Å²) < 4.78 is 14.8. The fraction of sp³-hybridized carbons (Fsp3) is 0.321. The monoisotopic (exact) mass is 497 g/mol. The summed E-state index contributed by atoms with van der Waals surface area (Å²) in [6.07, 6.45) is 8.21. The highest BCUT2D eigenvalue weighted by atomic mass is 35.5. The number of nitrogens with zero attached hydrogens (tertiary/aromatic N) is 3. The highest BCUT2D eigenvalue weighted by Gasteiger charge is 2.27. The van der Waals surface area contributed by atoms with Crippen LogP contribution < -0.4 is 0 Å². The largest absolute Gasteiger partial charge is 0.385 e. The molecule has 0 bridgehead atoms. The van der Waals surface area contributed by atoms with Crippen LogP contribution in [0.15, 0.2) is 71.8 Å². The Balaban J connectivity index is 0.000000248. The van der Waals surface area contributed by atoms with Gasteiger partial charge in [-0.3, -0.25) is 9.36 Å². The summed E-state index contributed by atoms with van der Waals surface area (Å²) in [5.74, 6) is 0.589. The molecule has 1 atom stereocenters. The zero-order valence-electron chi connectivity index (χ0n) is 21.1. The Morgan fingerprint density at radius 1 is 1.14 bits per heavy atom. The molecule has 1 aromatic carbocycles. The van der Waals surface area contributed by atoms with Crippen molar-refractivity contribution in [1.82, 2.24) is 14.5 Å². The van der Waals surface area contributed by atoms with Crippen LogP contribution in [0.3, 0.4) is 0 Å². The van der Waals surface area contributed by atoms with Crippen LogP contribution in [0.2, 0.25) is 5.15 Å². The first kappa shape index (κ1) is 28.1. The van der Waals surface area contributed by atoms with Gasteiger partial charge in [-0.25, -0.2) is 14.4 Å². The Kier molecular flexibility index (Phi) is 10.1. The highest BCUT2D eigenvalue weighted by Crippen LogP contribution is 2.26. The predicted molar refractivity (Wildman–Crippen MR) is 141 cm³/mol. The van der Waals surface area contributed by atoms with Gasteiger partial charge < -0.3 is 5.11 Å². The van der Waals surface area contributed by atoms with Crippen LogP contribution in [-0.2, 0) is 4.79 Å². The van der Waals surface area contributed by atoms with E-state index in [4.69, 9.17) is 11.6 Å². The van der Waals surface area contributed by atoms with E-state index >= 15 is 0 Å². The molecule has 0 saturated carbocycles. The van der Waals surface area contributed by atoms with Gasteiger partial charge in [-0.1, -0.05) is 48.4 Å². The van der Waals surface area contributed by atoms with Crippen molar-refractivity contribution < 1.29 is 14.3 Å². The van der Waals surface area contributed by atoms with Crippen LogP contribution in [0, 0.1) is 12.7 Å². The van der Waals surface area contributed by atoms with E-state index in [-0.39, 0.29) is 18.0 Å². The summed E-state index contributed by atoms with van der Waals surface area (Å²) in [6.45, 7) is 11.2. The lowest BCUT2D eigenvalue weighted by molar-refractivity contribution is -0.122. The van der Waals surface area contributed by atoms with Gasteiger partial charge in [0.05, 0.1) is 5.60 Å². The molecule has 7 heteroatoms. The maximum absolute atomic E-state index is 12.9. The van der Waals surface area contributed by atoms with E-state index in [9.17, 15) is 14.3 Å². The Morgan fingerprint density at radius 3 is 2.37 bits per heavy atom. The molecule has 0 aliphatic rings. The first-order valence-corrected chi connectivity index (χ1v) is 11.9. The third-order valence-corrected chi connectivity index (χ3v) is 5.55. The molecular formula is C28H33ClFN3O2. The molecule has 2 heterocycles. The van der Waals surface area contributed by atoms with Crippen LogP contribution in [0.1, 0.15) is 53.3 Å². The molecule has 0 unspecified atom stereocenters. The number of aryl methyl sites for hydroxylation is 1. The van der Waals surface area contributed by atoms with Gasteiger partial charge in [0.2, 0.25) is 0 Å². The maximum atomic E-state index is 12.9. The standard InChI is InChI=1S/C15H24O2.C13H9ClFN3/c1-6-8-9-10-14(12(3)4)15(5,17)11-13(16)7-2;1-8-16-11-6-7-12(14)17-13(11)18(8)10-4-2-9(15)3-5-10/h6,8-10,17H,7,11H2,1-5H3;2-7H,1H3/b8-6-,10-9-;/t15-;/m1./s1. The van der Waals surface area contributed by atoms with Gasteiger partial charge in [0.15, 0.2) is 5.65 Å². The number of halogens is 2. The van der Waals surface area contributed by atoms with Gasteiger partial charge in [0, 0.05) is 18.5 Å². The number of hydrogen-bond acceptors (Lipinski definition) is 4. The number of allylic oxidation sites excluding steroid dienone is 4. The van der Waals surface area contributed by atoms with Gasteiger partial charge >= 0.3 is 0 Å². The fourth-order valence-corrected chi connectivity index (χ4v) is 3.84. The topological polar surface area (TPSA) is 68.0 Å². The van der Waals surface area contributed by atoms with Crippen LogP contribution in [0.25, 0.3) is 16.9 Å². The van der Waals surface area contributed by atoms with E-state index in [2.05, 4.69) is 9.97 Å². The van der Waals surface area contributed by atoms with E-state index < -0.39 is 5.60 Å². The minimum absolute atomic E-state index is 0.0770. The molecule has 0 aliphatic heterocycles. The minimum atomic E-state index is -1.08. The molecule has 0 radical (unpaired) electrons. The van der Waals surface area contributed by atoms with E-state index in [0.29, 0.717) is 17.2 Å². The molecule has 0 spiro atoms. The van der Waals surface area contributed by atoms with Crippen molar-refractivity contribution in [1.29, 1.82) is 0 Å². The quantitative estimate of drug-likeness (QED) is 0.279. The normalized spacial score (nSPS) is 13.1. The van der Waals surface area contributed by atoms with Crippen molar-refractivity contribution in [3.63, 3.8) is 0 Å². The molecule has 1 N–H and O–H groups in total. The number of hydrogen-bond donors (Lipinski definition) is 1. The second-order valence-corrected chi connectivity index (χ2v) is 8.98. The number of Topliss-reactive ketones (excluding diaryl/α,β-unsaturated/α-hetero) is 1. The summed E-state index contributed by atoms with van der Waals surface area (Å²) in [5.41, 5.74) is 3.01. The minimum Gasteiger partial charge on any atom is -0.385 e. The van der Waals surface area contributed by atoms with Gasteiger partial charge in [-0.15, -0.1) is 0 Å². The van der Waals surface area contributed by atoms with Crippen LogP contribution in [0.5, 0.6) is 0 Å². The lowest BCUT2D eigenvalue weighted by Gasteiger charge is -2.25. The molecular weight excluding hydrogens is 465 g/mol. The molecule has 0 amide bonds. The van der Waals surface area contributed by atoms with Crippen LogP contribution in [-0.4, -0.2) is 31.0 Å². The molecule has 3 aromatic rings. The predicted octanol–water partition coefficient (Wildman–Crippen LogP) is 7.10. The Bertz CT molecular complexity index is 1250. The van der Waals surface area contributed by atoms with Gasteiger partial charge in [0.25, 0.3) is 0 Å². The van der Waals surface area contributed by atoms with Crippen LogP contribution in [0.4, 0.5) is 4.39 Å². The summed E-state index contributed by atoms with van der Waals surface area (Å²) in [5, 5.41) is 10.8. The van der Waals surface area contributed by atoms with Crippen molar-refractivity contribution in [2.75, 3.05) is 0 Å². The Hall–Kier alpha value is -3.09. The number of fused-ring (bicyclic) bond motifs is 1. The molecule has 186 valence electrons. The van der Waals surface area contributed by atoms with Crippen molar-refractivity contribution in [3.8, 4) is 5.69 Å². The third-order valence-electron chi connectivity index (χ3n) is 5.34. The fourth-order valence-electron chi connectivity index (χ4n) is 3.70. The van der Waals surface area contributed by atoms with E-state index in [1.54, 1.807) is 25.1 Å². The first-order chi connectivity index (χ1) is 16.5. The van der Waals surface area contributed by atoms with Crippen molar-refractivity contribution >= 4 is 28.5 Å². The number of carbonyl (C=O) groups is 1. The maximum Gasteiger partial charge on any atom is 0.166 e. The lowest BCUT2D eigenvalue weighted by atomic mass is 9.86. The molecule has 0 fully saturated rings. The average Bonchev–Trinajstić information content (AvgIpc) is 3.11. The number of carbonyl (C=O) groups excluding carboxylic acids is 1. The molecule has 0 saturated heterocycles. The molecule has 35 heavy (non-hydrogen) atoms. The Labute approximate surface area is 211 Å². The van der Waals surface area contributed by atoms with Crippen molar-refractivity contribution in [2.24, 2.45) is 0 Å². The lowest BCUT2D eigenvalue weighted by Crippen LogP contribution is -2.30. The number of rotatable bonds is 7. The second kappa shape index (κ2) is 12.6. The number of aliphatic hydroxyl groups is 1.